The average molecular weight is 243 g/mol. The molecule has 1 atom stereocenters. The van der Waals surface area contributed by atoms with E-state index >= 15 is 0 Å². The van der Waals surface area contributed by atoms with E-state index in [1.807, 2.05) is 11.3 Å². The second-order valence-electron chi connectivity index (χ2n) is 4.84. The Kier molecular flexibility index (Phi) is 2.89. The largest absolute Gasteiger partial charge is 0.377 e. The quantitative estimate of drug-likeness (QED) is 0.826. The van der Waals surface area contributed by atoms with Crippen molar-refractivity contribution in [3.05, 3.63) is 52.2 Å². The van der Waals surface area contributed by atoms with Crippen molar-refractivity contribution < 1.29 is 0 Å². The molecule has 1 aliphatic rings. The van der Waals surface area contributed by atoms with Gasteiger partial charge in [0.2, 0.25) is 0 Å². The van der Waals surface area contributed by atoms with E-state index in [4.69, 9.17) is 0 Å². The Balaban J connectivity index is 1.79. The van der Waals surface area contributed by atoms with Gasteiger partial charge >= 0.3 is 0 Å². The number of aryl methyl sites for hydroxylation is 1. The van der Waals surface area contributed by atoms with E-state index in [2.05, 4.69) is 54.0 Å². The maximum Gasteiger partial charge on any atom is 0.0634 e. The lowest BCUT2D eigenvalue weighted by Crippen LogP contribution is -2.11. The Bertz CT molecular complexity index is 468. The summed E-state index contributed by atoms with van der Waals surface area (Å²) in [5.74, 6) is 0.829. The molecule has 1 fully saturated rings. The van der Waals surface area contributed by atoms with Crippen LogP contribution in [0.1, 0.15) is 29.3 Å². The molecule has 0 bridgehead atoms. The highest BCUT2D eigenvalue weighted by molar-refractivity contribution is 7.10. The fourth-order valence-electron chi connectivity index (χ4n) is 2.15. The van der Waals surface area contributed by atoms with E-state index in [0.29, 0.717) is 6.04 Å². The van der Waals surface area contributed by atoms with Gasteiger partial charge in [-0.05, 0) is 49.3 Å². The van der Waals surface area contributed by atoms with Crippen molar-refractivity contribution in [1.29, 1.82) is 0 Å². The summed E-state index contributed by atoms with van der Waals surface area (Å²) in [6, 6.07) is 13.6. The molecule has 1 nitrogen and oxygen atoms in total. The van der Waals surface area contributed by atoms with Crippen molar-refractivity contribution in [1.82, 2.24) is 0 Å². The topological polar surface area (TPSA) is 12.0 Å². The highest BCUT2D eigenvalue weighted by atomic mass is 32.1. The number of thiophene rings is 1. The molecule has 0 saturated heterocycles. The lowest BCUT2D eigenvalue weighted by Gasteiger charge is -2.18. The van der Waals surface area contributed by atoms with Gasteiger partial charge in [-0.1, -0.05) is 23.8 Å². The second-order valence-corrected chi connectivity index (χ2v) is 5.82. The zero-order chi connectivity index (χ0) is 11.7. The average Bonchev–Trinajstić information content (AvgIpc) is 3.03. The molecule has 1 aliphatic carbocycles. The van der Waals surface area contributed by atoms with Crippen molar-refractivity contribution >= 4 is 17.0 Å². The fourth-order valence-corrected chi connectivity index (χ4v) is 3.02. The van der Waals surface area contributed by atoms with Crippen molar-refractivity contribution in [3.8, 4) is 0 Å². The molecule has 88 valence electrons. The first-order chi connectivity index (χ1) is 8.33. The molecular formula is C15H17NS. The molecule has 0 amide bonds. The van der Waals surface area contributed by atoms with E-state index in [0.717, 1.165) is 5.92 Å². The standard InChI is InChI=1S/C15H17NS/c1-11-4-8-13(9-5-11)16-15(12-6-7-12)14-3-2-10-17-14/h2-5,8-10,12,15-16H,6-7H2,1H3. The molecule has 0 radical (unpaired) electrons. The van der Waals surface area contributed by atoms with Crippen LogP contribution in [0.4, 0.5) is 5.69 Å². The predicted molar refractivity (Wildman–Crippen MR) is 74.6 cm³/mol. The molecule has 1 aromatic carbocycles. The van der Waals surface area contributed by atoms with Crippen molar-refractivity contribution in [2.75, 3.05) is 5.32 Å². The molecule has 2 heteroatoms. The maximum absolute atomic E-state index is 3.68. The number of hydrogen-bond acceptors (Lipinski definition) is 2. The number of rotatable bonds is 4. The van der Waals surface area contributed by atoms with Gasteiger partial charge in [0.1, 0.15) is 0 Å². The number of nitrogens with one attached hydrogen (secondary N) is 1. The van der Waals surface area contributed by atoms with Gasteiger partial charge < -0.3 is 5.32 Å². The first-order valence-corrected chi connectivity index (χ1v) is 7.07. The van der Waals surface area contributed by atoms with Crippen LogP contribution in [0, 0.1) is 12.8 Å². The first-order valence-electron chi connectivity index (χ1n) is 6.19. The Morgan fingerprint density at radius 3 is 2.53 bits per heavy atom. The van der Waals surface area contributed by atoms with Crippen LogP contribution in [0.15, 0.2) is 41.8 Å². The summed E-state index contributed by atoms with van der Waals surface area (Å²) in [6.45, 7) is 2.13. The lowest BCUT2D eigenvalue weighted by atomic mass is 10.1. The summed E-state index contributed by atoms with van der Waals surface area (Å²) in [5.41, 5.74) is 2.55. The van der Waals surface area contributed by atoms with Crippen molar-refractivity contribution in [2.45, 2.75) is 25.8 Å². The minimum Gasteiger partial charge on any atom is -0.377 e. The van der Waals surface area contributed by atoms with Crippen LogP contribution in [-0.4, -0.2) is 0 Å². The minimum absolute atomic E-state index is 0.512. The van der Waals surface area contributed by atoms with Gasteiger partial charge in [0.25, 0.3) is 0 Å². The minimum atomic E-state index is 0.512. The third-order valence-corrected chi connectivity index (χ3v) is 4.27. The van der Waals surface area contributed by atoms with Gasteiger partial charge in [-0.25, -0.2) is 0 Å². The Morgan fingerprint density at radius 2 is 1.94 bits per heavy atom. The summed E-state index contributed by atoms with van der Waals surface area (Å²) in [6.07, 6.45) is 2.73. The zero-order valence-electron chi connectivity index (χ0n) is 10.0. The van der Waals surface area contributed by atoms with Crippen LogP contribution in [-0.2, 0) is 0 Å². The van der Waals surface area contributed by atoms with E-state index < -0.39 is 0 Å². The maximum atomic E-state index is 3.68. The van der Waals surface area contributed by atoms with E-state index in [1.54, 1.807) is 0 Å². The van der Waals surface area contributed by atoms with E-state index in [9.17, 15) is 0 Å². The van der Waals surface area contributed by atoms with E-state index in [1.165, 1.54) is 29.0 Å². The Labute approximate surface area is 106 Å². The third-order valence-electron chi connectivity index (χ3n) is 3.32. The monoisotopic (exact) mass is 243 g/mol. The van der Waals surface area contributed by atoms with Crippen molar-refractivity contribution in [2.24, 2.45) is 5.92 Å². The zero-order valence-corrected chi connectivity index (χ0v) is 10.8. The van der Waals surface area contributed by atoms with Crippen LogP contribution in [0.2, 0.25) is 0 Å². The molecule has 1 heterocycles. The van der Waals surface area contributed by atoms with Crippen LogP contribution in [0.3, 0.4) is 0 Å². The van der Waals surface area contributed by atoms with Gasteiger partial charge in [0, 0.05) is 10.6 Å². The summed E-state index contributed by atoms with van der Waals surface area (Å²) >= 11 is 1.86. The molecule has 1 unspecified atom stereocenters. The van der Waals surface area contributed by atoms with Gasteiger partial charge in [-0.3, -0.25) is 0 Å². The first kappa shape index (κ1) is 10.8. The Morgan fingerprint density at radius 1 is 1.18 bits per heavy atom. The SMILES string of the molecule is Cc1ccc(NC(c2cccs2)C2CC2)cc1. The van der Waals surface area contributed by atoms with Crippen LogP contribution in [0.25, 0.3) is 0 Å². The molecule has 17 heavy (non-hydrogen) atoms. The molecule has 3 rings (SSSR count). The Hall–Kier alpha value is -1.28. The molecule has 0 aliphatic heterocycles. The number of benzene rings is 1. The molecule has 1 saturated carbocycles. The molecule has 2 aromatic rings. The van der Waals surface area contributed by atoms with Crippen LogP contribution >= 0.6 is 11.3 Å². The predicted octanol–water partition coefficient (Wildman–Crippen LogP) is 4.62. The van der Waals surface area contributed by atoms with Gasteiger partial charge in [0.05, 0.1) is 6.04 Å². The summed E-state index contributed by atoms with van der Waals surface area (Å²) in [7, 11) is 0. The van der Waals surface area contributed by atoms with Gasteiger partial charge in [0.15, 0.2) is 0 Å². The number of anilines is 1. The molecule has 0 spiro atoms. The summed E-state index contributed by atoms with van der Waals surface area (Å²) in [4.78, 5) is 1.47. The fraction of sp³-hybridized carbons (Fsp3) is 0.333. The highest BCUT2D eigenvalue weighted by Gasteiger charge is 2.32. The number of hydrogen-bond donors (Lipinski definition) is 1. The normalized spacial score (nSPS) is 16.8. The smallest absolute Gasteiger partial charge is 0.0634 e. The lowest BCUT2D eigenvalue weighted by molar-refractivity contribution is 0.691. The van der Waals surface area contributed by atoms with Crippen molar-refractivity contribution in [3.63, 3.8) is 0 Å². The van der Waals surface area contributed by atoms with Crippen LogP contribution in [0.5, 0.6) is 0 Å². The summed E-state index contributed by atoms with van der Waals surface area (Å²) < 4.78 is 0. The highest BCUT2D eigenvalue weighted by Crippen LogP contribution is 2.44. The van der Waals surface area contributed by atoms with E-state index in [-0.39, 0.29) is 0 Å². The van der Waals surface area contributed by atoms with Crippen LogP contribution < -0.4 is 5.32 Å². The van der Waals surface area contributed by atoms with Gasteiger partial charge in [-0.15, -0.1) is 11.3 Å². The second kappa shape index (κ2) is 4.53. The van der Waals surface area contributed by atoms with Gasteiger partial charge in [-0.2, -0.15) is 0 Å². The summed E-state index contributed by atoms with van der Waals surface area (Å²) in [5, 5.41) is 5.85. The molecule has 1 N–H and O–H groups in total. The molecular weight excluding hydrogens is 226 g/mol. The third kappa shape index (κ3) is 2.52. The molecule has 1 aromatic heterocycles.